The lowest BCUT2D eigenvalue weighted by molar-refractivity contribution is -0.138. The van der Waals surface area contributed by atoms with Gasteiger partial charge in [-0.2, -0.15) is 0 Å². The van der Waals surface area contributed by atoms with Gasteiger partial charge in [-0.3, -0.25) is 19.3 Å². The van der Waals surface area contributed by atoms with Gasteiger partial charge in [0.25, 0.3) is 11.8 Å². The van der Waals surface area contributed by atoms with E-state index in [1.165, 1.54) is 13.0 Å². The van der Waals surface area contributed by atoms with Gasteiger partial charge in [-0.05, 0) is 30.7 Å². The second kappa shape index (κ2) is 6.91. The average molecular weight is 377 g/mol. The van der Waals surface area contributed by atoms with Crippen molar-refractivity contribution in [1.29, 1.82) is 0 Å². The second-order valence-electron chi connectivity index (χ2n) is 6.39. The minimum Gasteiger partial charge on any atom is -0.357 e. The highest BCUT2D eigenvalue weighted by Crippen LogP contribution is 2.17. The Morgan fingerprint density at radius 2 is 1.88 bits per heavy atom. The van der Waals surface area contributed by atoms with Gasteiger partial charge in [0.1, 0.15) is 0 Å². The van der Waals surface area contributed by atoms with Gasteiger partial charge in [-0.1, -0.05) is 0 Å². The van der Waals surface area contributed by atoms with Crippen molar-refractivity contribution in [3.8, 4) is 0 Å². The Kier molecular flexibility index (Phi) is 4.82. The van der Waals surface area contributed by atoms with Crippen LogP contribution in [-0.4, -0.2) is 55.1 Å². The minimum absolute atomic E-state index is 0.0206. The Bertz CT molecular complexity index is 889. The topological polar surface area (TPSA) is 113 Å². The minimum atomic E-state index is -3.05. The van der Waals surface area contributed by atoms with E-state index in [9.17, 15) is 22.8 Å². The number of nitrogens with zero attached hydrogens (tertiary/aromatic N) is 1. The number of sulfone groups is 1. The molecule has 1 saturated heterocycles. The monoisotopic (exact) mass is 377 g/mol. The van der Waals surface area contributed by atoms with Gasteiger partial charge in [0.2, 0.25) is 5.91 Å². The Labute approximate surface area is 151 Å². The van der Waals surface area contributed by atoms with Gasteiger partial charge >= 0.3 is 0 Å². The molecule has 1 aromatic carbocycles. The zero-order valence-electron chi connectivity index (χ0n) is 14.2. The maximum atomic E-state index is 12.2. The van der Waals surface area contributed by atoms with Crippen LogP contribution in [-0.2, 0) is 19.4 Å². The van der Waals surface area contributed by atoms with Gasteiger partial charge in [0.15, 0.2) is 9.84 Å². The SMILES string of the molecule is CC(=O)N1CC(Nc2ccc(C(=O)N[C@H]3CCS(=O)(=O)C3)cc2)=CC1=O. The predicted molar refractivity (Wildman–Crippen MR) is 95.1 cm³/mol. The lowest BCUT2D eigenvalue weighted by Crippen LogP contribution is -2.35. The van der Waals surface area contributed by atoms with Crippen LogP contribution < -0.4 is 10.6 Å². The fraction of sp³-hybridized carbons (Fsp3) is 0.353. The average Bonchev–Trinajstić information content (AvgIpc) is 3.10. The number of carbonyl (C=O) groups is 3. The van der Waals surface area contributed by atoms with E-state index in [1.54, 1.807) is 24.3 Å². The quantitative estimate of drug-likeness (QED) is 0.780. The summed E-state index contributed by atoms with van der Waals surface area (Å²) in [5.41, 5.74) is 1.69. The van der Waals surface area contributed by atoms with Crippen molar-refractivity contribution in [2.24, 2.45) is 0 Å². The molecule has 0 spiro atoms. The molecule has 8 nitrogen and oxygen atoms in total. The van der Waals surface area contributed by atoms with Crippen LogP contribution in [0.4, 0.5) is 5.69 Å². The Hall–Kier alpha value is -2.68. The smallest absolute Gasteiger partial charge is 0.255 e. The van der Waals surface area contributed by atoms with Crippen molar-refractivity contribution in [1.82, 2.24) is 10.2 Å². The van der Waals surface area contributed by atoms with E-state index in [0.717, 1.165) is 4.90 Å². The van der Waals surface area contributed by atoms with E-state index in [-0.39, 0.29) is 41.8 Å². The zero-order chi connectivity index (χ0) is 18.9. The number of imide groups is 1. The molecule has 2 aliphatic heterocycles. The first-order valence-electron chi connectivity index (χ1n) is 8.14. The fourth-order valence-corrected chi connectivity index (χ4v) is 4.60. The third-order valence-corrected chi connectivity index (χ3v) is 6.06. The first kappa shape index (κ1) is 18.1. The van der Waals surface area contributed by atoms with Crippen LogP contribution in [0.5, 0.6) is 0 Å². The summed E-state index contributed by atoms with van der Waals surface area (Å²) in [4.78, 5) is 36.3. The lowest BCUT2D eigenvalue weighted by atomic mass is 10.1. The predicted octanol–water partition coefficient (Wildman–Crippen LogP) is 0.288. The molecular weight excluding hydrogens is 358 g/mol. The summed E-state index contributed by atoms with van der Waals surface area (Å²) >= 11 is 0. The van der Waals surface area contributed by atoms with E-state index in [2.05, 4.69) is 10.6 Å². The number of hydrogen-bond acceptors (Lipinski definition) is 6. The van der Waals surface area contributed by atoms with Crippen molar-refractivity contribution in [2.75, 3.05) is 23.4 Å². The van der Waals surface area contributed by atoms with Crippen molar-refractivity contribution in [3.63, 3.8) is 0 Å². The molecule has 138 valence electrons. The number of anilines is 1. The van der Waals surface area contributed by atoms with Gasteiger partial charge in [0.05, 0.1) is 18.1 Å². The molecule has 1 fully saturated rings. The molecule has 0 radical (unpaired) electrons. The Balaban J connectivity index is 1.59. The first-order chi connectivity index (χ1) is 12.2. The molecule has 0 saturated carbocycles. The number of carbonyl (C=O) groups excluding carboxylic acids is 3. The van der Waals surface area contributed by atoms with Gasteiger partial charge in [-0.25, -0.2) is 8.42 Å². The van der Waals surface area contributed by atoms with Crippen LogP contribution in [0.25, 0.3) is 0 Å². The Morgan fingerprint density at radius 3 is 2.42 bits per heavy atom. The Morgan fingerprint density at radius 1 is 1.19 bits per heavy atom. The molecular formula is C17H19N3O5S. The summed E-state index contributed by atoms with van der Waals surface area (Å²) in [5, 5.41) is 5.77. The van der Waals surface area contributed by atoms with E-state index in [1.807, 2.05) is 0 Å². The molecule has 3 rings (SSSR count). The molecule has 1 aromatic rings. The van der Waals surface area contributed by atoms with Crippen molar-refractivity contribution >= 4 is 33.2 Å². The molecule has 2 N–H and O–H groups in total. The fourth-order valence-electron chi connectivity index (χ4n) is 2.93. The first-order valence-corrected chi connectivity index (χ1v) is 9.97. The lowest BCUT2D eigenvalue weighted by Gasteiger charge is -2.13. The van der Waals surface area contributed by atoms with E-state index < -0.39 is 9.84 Å². The largest absolute Gasteiger partial charge is 0.357 e. The molecule has 0 bridgehead atoms. The zero-order valence-corrected chi connectivity index (χ0v) is 15.0. The van der Waals surface area contributed by atoms with E-state index in [4.69, 9.17) is 0 Å². The molecule has 0 unspecified atom stereocenters. The summed E-state index contributed by atoms with van der Waals surface area (Å²) < 4.78 is 22.9. The highest BCUT2D eigenvalue weighted by molar-refractivity contribution is 7.91. The van der Waals surface area contributed by atoms with Crippen LogP contribution in [0.15, 0.2) is 36.0 Å². The van der Waals surface area contributed by atoms with Crippen LogP contribution in [0, 0.1) is 0 Å². The number of hydrogen-bond donors (Lipinski definition) is 2. The van der Waals surface area contributed by atoms with E-state index >= 15 is 0 Å². The van der Waals surface area contributed by atoms with Gasteiger partial charge < -0.3 is 10.6 Å². The van der Waals surface area contributed by atoms with E-state index in [0.29, 0.717) is 23.4 Å². The molecule has 2 heterocycles. The number of amides is 3. The molecule has 3 amide bonds. The molecule has 1 atom stereocenters. The summed E-state index contributed by atoms with van der Waals surface area (Å²) in [6.07, 6.45) is 1.80. The molecule has 0 aliphatic carbocycles. The number of nitrogens with one attached hydrogen (secondary N) is 2. The summed E-state index contributed by atoms with van der Waals surface area (Å²) in [5.74, 6) is -0.915. The van der Waals surface area contributed by atoms with Gasteiger partial charge in [0, 0.05) is 36.0 Å². The van der Waals surface area contributed by atoms with Crippen molar-refractivity contribution in [2.45, 2.75) is 19.4 Å². The molecule has 2 aliphatic rings. The van der Waals surface area contributed by atoms with Crippen LogP contribution in [0.2, 0.25) is 0 Å². The van der Waals surface area contributed by atoms with Crippen molar-refractivity contribution in [3.05, 3.63) is 41.6 Å². The normalized spacial score (nSPS) is 21.4. The highest BCUT2D eigenvalue weighted by Gasteiger charge is 2.29. The second-order valence-corrected chi connectivity index (χ2v) is 8.62. The van der Waals surface area contributed by atoms with Crippen LogP contribution in [0.3, 0.4) is 0 Å². The molecule has 26 heavy (non-hydrogen) atoms. The number of benzene rings is 1. The maximum absolute atomic E-state index is 12.2. The maximum Gasteiger partial charge on any atom is 0.255 e. The van der Waals surface area contributed by atoms with Gasteiger partial charge in [-0.15, -0.1) is 0 Å². The highest BCUT2D eigenvalue weighted by atomic mass is 32.2. The third-order valence-electron chi connectivity index (χ3n) is 4.29. The molecule has 0 aromatic heterocycles. The summed E-state index contributed by atoms with van der Waals surface area (Å²) in [6.45, 7) is 1.52. The standard InChI is InChI=1S/C17H19N3O5S/c1-11(21)20-9-15(8-16(20)22)18-13-4-2-12(3-5-13)17(23)19-14-6-7-26(24,25)10-14/h2-5,8,14,18H,6-7,9-10H2,1H3,(H,19,23)/t14-/m0/s1. The molecule has 9 heteroatoms. The van der Waals surface area contributed by atoms with Crippen LogP contribution in [0.1, 0.15) is 23.7 Å². The number of rotatable bonds is 4. The third kappa shape index (κ3) is 4.10. The summed E-state index contributed by atoms with van der Waals surface area (Å²) in [6, 6.07) is 6.24. The van der Waals surface area contributed by atoms with Crippen molar-refractivity contribution < 1.29 is 22.8 Å². The van der Waals surface area contributed by atoms with Crippen LogP contribution >= 0.6 is 0 Å². The summed E-state index contributed by atoms with van der Waals surface area (Å²) in [7, 11) is -3.05.